The van der Waals surface area contributed by atoms with Gasteiger partial charge in [0.2, 0.25) is 0 Å². The Balaban J connectivity index is 2.43. The zero-order valence-electron chi connectivity index (χ0n) is 13.2. The molecule has 0 radical (unpaired) electrons. The van der Waals surface area contributed by atoms with Gasteiger partial charge in [-0.2, -0.15) is 16.8 Å². The number of hydrogen-bond acceptors (Lipinski definition) is 4. The molecule has 2 aromatic rings. The van der Waals surface area contributed by atoms with Crippen molar-refractivity contribution in [1.82, 2.24) is 0 Å². The van der Waals surface area contributed by atoms with E-state index in [-0.39, 0.29) is 22.6 Å². The topological polar surface area (TPSA) is 109 Å². The molecule has 0 heterocycles. The van der Waals surface area contributed by atoms with E-state index in [0.29, 0.717) is 11.1 Å². The molecular weight excluding hydrogens is 352 g/mol. The van der Waals surface area contributed by atoms with Crippen LogP contribution in [0.1, 0.15) is 22.3 Å². The van der Waals surface area contributed by atoms with Crippen LogP contribution in [0, 0.1) is 13.8 Å². The van der Waals surface area contributed by atoms with Crippen molar-refractivity contribution in [2.24, 2.45) is 0 Å². The summed E-state index contributed by atoms with van der Waals surface area (Å²) >= 11 is 0. The molecule has 0 bridgehead atoms. The van der Waals surface area contributed by atoms with Gasteiger partial charge in [-0.25, -0.2) is 0 Å². The Kier molecular flexibility index (Phi) is 5.14. The highest BCUT2D eigenvalue weighted by Gasteiger charge is 2.18. The van der Waals surface area contributed by atoms with Crippen LogP contribution in [0.2, 0.25) is 0 Å². The Hall–Kier alpha value is -1.74. The summed E-state index contributed by atoms with van der Waals surface area (Å²) in [6, 6.07) is 9.05. The lowest BCUT2D eigenvalue weighted by Crippen LogP contribution is -2.07. The zero-order chi connectivity index (χ0) is 18.1. The fraction of sp³-hybridized carbons (Fsp3) is 0.250. The van der Waals surface area contributed by atoms with Crippen molar-refractivity contribution in [3.63, 3.8) is 0 Å². The predicted octanol–water partition coefficient (Wildman–Crippen LogP) is 2.58. The highest BCUT2D eigenvalue weighted by atomic mass is 32.2. The lowest BCUT2D eigenvalue weighted by Gasteiger charge is -2.11. The quantitative estimate of drug-likeness (QED) is 0.783. The summed E-state index contributed by atoms with van der Waals surface area (Å²) in [6.45, 7) is 3.57. The minimum Gasteiger partial charge on any atom is -0.282 e. The first kappa shape index (κ1) is 18.6. The van der Waals surface area contributed by atoms with Crippen molar-refractivity contribution >= 4 is 20.2 Å². The molecule has 0 fully saturated rings. The largest absolute Gasteiger partial charge is 0.294 e. The van der Waals surface area contributed by atoms with Crippen LogP contribution in [0.15, 0.2) is 46.2 Å². The zero-order valence-corrected chi connectivity index (χ0v) is 14.9. The molecule has 0 amide bonds. The molecule has 2 rings (SSSR count). The van der Waals surface area contributed by atoms with Gasteiger partial charge in [0.25, 0.3) is 20.2 Å². The first-order valence-corrected chi connectivity index (χ1v) is 10.0. The van der Waals surface area contributed by atoms with Crippen molar-refractivity contribution in [3.8, 4) is 0 Å². The summed E-state index contributed by atoms with van der Waals surface area (Å²) in [4.78, 5) is -0.400. The summed E-state index contributed by atoms with van der Waals surface area (Å²) in [6.07, 6.45) is 0.394. The SMILES string of the molecule is Cc1ccc(S(=O)(=O)O)c(CCc2cc(C)ccc2S(=O)(=O)O)c1. The Morgan fingerprint density at radius 2 is 1.04 bits per heavy atom. The molecule has 2 N–H and O–H groups in total. The second-order valence-electron chi connectivity index (χ2n) is 5.67. The van der Waals surface area contributed by atoms with E-state index >= 15 is 0 Å². The van der Waals surface area contributed by atoms with E-state index in [1.54, 1.807) is 38.1 Å². The van der Waals surface area contributed by atoms with Crippen LogP contribution in [-0.2, 0) is 33.1 Å². The maximum Gasteiger partial charge on any atom is 0.294 e. The number of hydrogen-bond donors (Lipinski definition) is 2. The molecule has 0 spiro atoms. The van der Waals surface area contributed by atoms with Gasteiger partial charge in [0, 0.05) is 0 Å². The van der Waals surface area contributed by atoms with Crippen LogP contribution in [0.3, 0.4) is 0 Å². The van der Waals surface area contributed by atoms with Gasteiger partial charge < -0.3 is 0 Å². The summed E-state index contributed by atoms with van der Waals surface area (Å²) < 4.78 is 64.5. The lowest BCUT2D eigenvalue weighted by molar-refractivity contribution is 0.478. The van der Waals surface area contributed by atoms with Crippen molar-refractivity contribution in [1.29, 1.82) is 0 Å². The third kappa shape index (κ3) is 4.41. The Morgan fingerprint density at radius 1 is 0.708 bits per heavy atom. The second kappa shape index (κ2) is 6.64. The first-order valence-electron chi connectivity index (χ1n) is 7.12. The number of aryl methyl sites for hydroxylation is 4. The average Bonchev–Trinajstić information content (AvgIpc) is 2.42. The fourth-order valence-corrected chi connectivity index (χ4v) is 4.04. The minimum absolute atomic E-state index is 0.197. The maximum atomic E-state index is 11.5. The van der Waals surface area contributed by atoms with Gasteiger partial charge in [0.05, 0.1) is 9.79 Å². The van der Waals surface area contributed by atoms with Crippen LogP contribution < -0.4 is 0 Å². The molecule has 0 aromatic heterocycles. The number of benzene rings is 2. The first-order chi connectivity index (χ1) is 11.0. The average molecular weight is 370 g/mol. The van der Waals surface area contributed by atoms with Crippen molar-refractivity contribution < 1.29 is 25.9 Å². The summed E-state index contributed by atoms with van der Waals surface area (Å²) in [5, 5.41) is 0. The molecule has 24 heavy (non-hydrogen) atoms. The molecule has 0 saturated carbocycles. The Morgan fingerprint density at radius 3 is 1.33 bits per heavy atom. The third-order valence-electron chi connectivity index (χ3n) is 3.65. The van der Waals surface area contributed by atoms with Crippen LogP contribution >= 0.6 is 0 Å². The van der Waals surface area contributed by atoms with Crippen molar-refractivity contribution in [2.45, 2.75) is 36.5 Å². The van der Waals surface area contributed by atoms with E-state index in [4.69, 9.17) is 0 Å². The molecule has 0 unspecified atom stereocenters. The van der Waals surface area contributed by atoms with E-state index in [1.165, 1.54) is 12.1 Å². The molecular formula is C16H18O6S2. The highest BCUT2D eigenvalue weighted by molar-refractivity contribution is 7.86. The molecule has 130 valence electrons. The maximum absolute atomic E-state index is 11.5. The smallest absolute Gasteiger partial charge is 0.282 e. The third-order valence-corrected chi connectivity index (χ3v) is 5.56. The van der Waals surface area contributed by atoms with Crippen molar-refractivity contribution in [2.75, 3.05) is 0 Å². The second-order valence-corrected chi connectivity index (χ2v) is 8.45. The van der Waals surface area contributed by atoms with Gasteiger partial charge >= 0.3 is 0 Å². The van der Waals surface area contributed by atoms with Crippen LogP contribution in [0.25, 0.3) is 0 Å². The molecule has 0 atom stereocenters. The molecule has 0 aliphatic carbocycles. The lowest BCUT2D eigenvalue weighted by atomic mass is 10.0. The van der Waals surface area contributed by atoms with E-state index < -0.39 is 20.2 Å². The fourth-order valence-electron chi connectivity index (χ4n) is 2.58. The van der Waals surface area contributed by atoms with Crippen LogP contribution in [0.4, 0.5) is 0 Å². The normalized spacial score (nSPS) is 12.3. The van der Waals surface area contributed by atoms with Crippen LogP contribution in [-0.4, -0.2) is 25.9 Å². The summed E-state index contributed by atoms with van der Waals surface area (Å²) in [7, 11) is -8.74. The molecule has 0 aliphatic rings. The Bertz CT molecular complexity index is 894. The van der Waals surface area contributed by atoms with Gasteiger partial charge in [0.15, 0.2) is 0 Å². The monoisotopic (exact) mass is 370 g/mol. The minimum atomic E-state index is -4.37. The highest BCUT2D eigenvalue weighted by Crippen LogP contribution is 2.23. The van der Waals surface area contributed by atoms with Gasteiger partial charge in [-0.05, 0) is 49.9 Å². The molecule has 8 heteroatoms. The van der Waals surface area contributed by atoms with E-state index in [1.807, 2.05) is 0 Å². The predicted molar refractivity (Wildman–Crippen MR) is 89.4 cm³/mol. The summed E-state index contributed by atoms with van der Waals surface area (Å²) in [5.41, 5.74) is 2.41. The number of rotatable bonds is 5. The van der Waals surface area contributed by atoms with Gasteiger partial charge in [-0.15, -0.1) is 0 Å². The molecule has 0 aliphatic heterocycles. The standard InChI is InChI=1S/C16H18O6S2/c1-11-3-7-15(23(17,18)19)13(9-11)5-6-14-10-12(2)4-8-16(14)24(20,21)22/h3-4,7-10H,5-6H2,1-2H3,(H,17,18,19)(H,20,21,22). The van der Waals surface area contributed by atoms with Gasteiger partial charge in [-0.3, -0.25) is 9.11 Å². The van der Waals surface area contributed by atoms with E-state index in [0.717, 1.165) is 11.1 Å². The Labute approximate surface area is 141 Å². The molecule has 6 nitrogen and oxygen atoms in total. The van der Waals surface area contributed by atoms with E-state index in [2.05, 4.69) is 0 Å². The van der Waals surface area contributed by atoms with Gasteiger partial charge in [0.1, 0.15) is 0 Å². The molecule has 2 aromatic carbocycles. The van der Waals surface area contributed by atoms with Crippen LogP contribution in [0.5, 0.6) is 0 Å². The van der Waals surface area contributed by atoms with Gasteiger partial charge in [-0.1, -0.05) is 35.4 Å². The molecule has 0 saturated heterocycles. The summed E-state index contributed by atoms with van der Waals surface area (Å²) in [5.74, 6) is 0. The van der Waals surface area contributed by atoms with Crippen molar-refractivity contribution in [3.05, 3.63) is 58.7 Å². The van der Waals surface area contributed by atoms with E-state index in [9.17, 15) is 25.9 Å².